The van der Waals surface area contributed by atoms with Gasteiger partial charge >= 0.3 is 12.1 Å². The third-order valence-corrected chi connectivity index (χ3v) is 8.49. The molecule has 2 aromatic carbocycles. The van der Waals surface area contributed by atoms with Crippen LogP contribution in [0.5, 0.6) is 0 Å². The van der Waals surface area contributed by atoms with Crippen molar-refractivity contribution in [1.29, 1.82) is 5.26 Å². The highest BCUT2D eigenvalue weighted by Crippen LogP contribution is 2.26. The number of alkyl halides is 3. The Balaban J connectivity index is 0.000000559. The van der Waals surface area contributed by atoms with Crippen molar-refractivity contribution in [3.05, 3.63) is 54.1 Å². The summed E-state index contributed by atoms with van der Waals surface area (Å²) < 4.78 is 63.5. The number of nitrogens with two attached hydrogens (primary N) is 1. The number of carbonyl (C=O) groups is 2. The Morgan fingerprint density at radius 3 is 2.00 bits per heavy atom. The van der Waals surface area contributed by atoms with Crippen molar-refractivity contribution in [3.8, 4) is 17.2 Å². The molecule has 1 amide bonds. The Labute approximate surface area is 229 Å². The van der Waals surface area contributed by atoms with E-state index in [-0.39, 0.29) is 5.91 Å². The first kappa shape index (κ1) is 31.0. The van der Waals surface area contributed by atoms with Gasteiger partial charge in [-0.3, -0.25) is 4.79 Å². The van der Waals surface area contributed by atoms with Crippen molar-refractivity contribution in [2.45, 2.75) is 48.3 Å². The lowest BCUT2D eigenvalue weighted by molar-refractivity contribution is -0.192. The summed E-state index contributed by atoms with van der Waals surface area (Å²) in [6, 6.07) is 16.0. The molecule has 2 aromatic rings. The van der Waals surface area contributed by atoms with Crippen molar-refractivity contribution < 1.29 is 41.0 Å². The summed E-state index contributed by atoms with van der Waals surface area (Å²) in [6.07, 6.45) is -2.95. The zero-order valence-corrected chi connectivity index (χ0v) is 22.2. The van der Waals surface area contributed by atoms with Crippen LogP contribution in [0.3, 0.4) is 0 Å². The monoisotopic (exact) mass is 582 g/mol. The summed E-state index contributed by atoms with van der Waals surface area (Å²) in [5, 5.41) is 19.4. The van der Waals surface area contributed by atoms with Crippen molar-refractivity contribution in [2.24, 2.45) is 5.73 Å². The zero-order chi connectivity index (χ0) is 29.6. The molecule has 2 aliphatic heterocycles. The van der Waals surface area contributed by atoms with Gasteiger partial charge in [-0.15, -0.1) is 0 Å². The third kappa shape index (κ3) is 7.79. The molecule has 2 saturated heterocycles. The molecule has 0 radical (unpaired) electrons. The molecule has 10 nitrogen and oxygen atoms in total. The molecular weight excluding hydrogens is 553 g/mol. The van der Waals surface area contributed by atoms with Gasteiger partial charge in [-0.25, -0.2) is 13.2 Å². The van der Waals surface area contributed by atoms with Crippen LogP contribution in [-0.4, -0.2) is 73.8 Å². The first-order chi connectivity index (χ1) is 18.8. The van der Waals surface area contributed by atoms with Gasteiger partial charge in [0.05, 0.1) is 16.5 Å². The zero-order valence-electron chi connectivity index (χ0n) is 21.4. The summed E-state index contributed by atoms with van der Waals surface area (Å²) in [5.41, 5.74) is 7.96. The predicted molar refractivity (Wildman–Crippen MR) is 137 cm³/mol. The smallest absolute Gasteiger partial charge is 0.475 e. The maximum atomic E-state index is 12.6. The Morgan fingerprint density at radius 2 is 1.57 bits per heavy atom. The third-order valence-electron chi connectivity index (χ3n) is 6.58. The van der Waals surface area contributed by atoms with Crippen LogP contribution in [0.15, 0.2) is 53.4 Å². The van der Waals surface area contributed by atoms with Gasteiger partial charge < -0.3 is 20.9 Å². The minimum absolute atomic E-state index is 0.303. The minimum atomic E-state index is -5.08. The fourth-order valence-corrected chi connectivity index (χ4v) is 5.48. The van der Waals surface area contributed by atoms with E-state index in [2.05, 4.69) is 11.4 Å². The highest BCUT2D eigenvalue weighted by atomic mass is 32.2. The summed E-state index contributed by atoms with van der Waals surface area (Å²) >= 11 is 0. The van der Waals surface area contributed by atoms with Crippen LogP contribution in [0.2, 0.25) is 0 Å². The van der Waals surface area contributed by atoms with E-state index in [9.17, 15) is 31.6 Å². The average molecular weight is 583 g/mol. The standard InChI is InChI=1S/C24H28N4O4S.C2HF3O2/c25-17-21(27-23(29)24(26)10-14-32-15-11-24)16-18-2-4-19(5-3-18)20-6-8-22(9-7-20)33(30,31)28-12-1-13-28;3-2(4,5)1(6)7/h2-9,21H,1,10-16,26H2,(H,27,29);(H,6,7)/t21-;/m0./s1. The average Bonchev–Trinajstić information content (AvgIpc) is 2.87. The first-order valence-electron chi connectivity index (χ1n) is 12.3. The molecule has 0 unspecified atom stereocenters. The molecule has 2 aliphatic rings. The lowest BCUT2D eigenvalue weighted by Gasteiger charge is -2.32. The van der Waals surface area contributed by atoms with E-state index < -0.39 is 33.7 Å². The number of hydrogen-bond donors (Lipinski definition) is 3. The maximum absolute atomic E-state index is 12.6. The molecule has 0 bridgehead atoms. The van der Waals surface area contributed by atoms with Gasteiger partial charge in [-0.2, -0.15) is 22.7 Å². The number of rotatable bonds is 7. The highest BCUT2D eigenvalue weighted by molar-refractivity contribution is 7.89. The number of hydrogen-bond acceptors (Lipinski definition) is 7. The molecule has 2 fully saturated rings. The molecular formula is C26H29F3N4O6S. The number of carbonyl (C=O) groups excluding carboxylic acids is 1. The molecule has 4 N–H and O–H groups in total. The highest BCUT2D eigenvalue weighted by Gasteiger charge is 2.38. The van der Waals surface area contributed by atoms with Crippen molar-refractivity contribution in [1.82, 2.24) is 9.62 Å². The SMILES string of the molecule is N#C[C@H](Cc1ccc(-c2ccc(S(=O)(=O)N3CCC3)cc2)cc1)NC(=O)C1(N)CCOCC1.O=C(O)C(F)(F)F. The number of nitrogens with zero attached hydrogens (tertiary/aromatic N) is 2. The number of benzene rings is 2. The molecule has 216 valence electrons. The summed E-state index contributed by atoms with van der Waals surface area (Å²) in [7, 11) is -3.39. The van der Waals surface area contributed by atoms with Crippen LogP contribution in [-0.2, 0) is 30.8 Å². The lowest BCUT2D eigenvalue weighted by Crippen LogP contribution is -2.58. The van der Waals surface area contributed by atoms with Crippen LogP contribution in [0.4, 0.5) is 13.2 Å². The van der Waals surface area contributed by atoms with Crippen LogP contribution >= 0.6 is 0 Å². The van der Waals surface area contributed by atoms with Crippen molar-refractivity contribution >= 4 is 21.9 Å². The molecule has 0 aromatic heterocycles. The van der Waals surface area contributed by atoms with Gasteiger partial charge in [0, 0.05) is 32.7 Å². The predicted octanol–water partition coefficient (Wildman–Crippen LogP) is 2.44. The van der Waals surface area contributed by atoms with Gasteiger partial charge in [0.15, 0.2) is 0 Å². The number of ether oxygens (including phenoxy) is 1. The Bertz CT molecular complexity index is 1330. The van der Waals surface area contributed by atoms with E-state index in [0.29, 0.717) is 50.5 Å². The molecule has 0 saturated carbocycles. The van der Waals surface area contributed by atoms with Crippen LogP contribution in [0, 0.1) is 11.3 Å². The van der Waals surface area contributed by atoms with E-state index >= 15 is 0 Å². The number of carboxylic acids is 1. The minimum Gasteiger partial charge on any atom is -0.475 e. The fraction of sp³-hybridized carbons (Fsp3) is 0.423. The number of carboxylic acid groups (broad SMARTS) is 1. The molecule has 2 heterocycles. The van der Waals surface area contributed by atoms with E-state index in [1.165, 1.54) is 4.31 Å². The molecule has 4 rings (SSSR count). The molecule has 14 heteroatoms. The number of nitriles is 1. The number of amides is 1. The lowest BCUT2D eigenvalue weighted by atomic mass is 9.90. The molecule has 40 heavy (non-hydrogen) atoms. The Hall–Kier alpha value is -3.51. The Morgan fingerprint density at radius 1 is 1.07 bits per heavy atom. The van der Waals surface area contributed by atoms with E-state index in [0.717, 1.165) is 23.1 Å². The van der Waals surface area contributed by atoms with Gasteiger partial charge in [0.1, 0.15) is 6.04 Å². The largest absolute Gasteiger partial charge is 0.490 e. The van der Waals surface area contributed by atoms with Crippen LogP contribution < -0.4 is 11.1 Å². The second-order valence-electron chi connectivity index (χ2n) is 9.41. The fourth-order valence-electron chi connectivity index (χ4n) is 3.96. The number of nitrogens with one attached hydrogen (secondary N) is 1. The van der Waals surface area contributed by atoms with Gasteiger partial charge in [0.25, 0.3) is 0 Å². The molecule has 0 aliphatic carbocycles. The van der Waals surface area contributed by atoms with E-state index in [4.69, 9.17) is 20.4 Å². The van der Waals surface area contributed by atoms with E-state index in [1.807, 2.05) is 24.3 Å². The van der Waals surface area contributed by atoms with Gasteiger partial charge in [-0.1, -0.05) is 36.4 Å². The second-order valence-corrected chi connectivity index (χ2v) is 11.3. The van der Waals surface area contributed by atoms with Crippen molar-refractivity contribution in [2.75, 3.05) is 26.3 Å². The van der Waals surface area contributed by atoms with Crippen molar-refractivity contribution in [3.63, 3.8) is 0 Å². The van der Waals surface area contributed by atoms with E-state index in [1.54, 1.807) is 24.3 Å². The van der Waals surface area contributed by atoms with Gasteiger partial charge in [-0.05, 0) is 48.1 Å². The first-order valence-corrected chi connectivity index (χ1v) is 13.8. The molecule has 0 spiro atoms. The number of aliphatic carboxylic acids is 1. The summed E-state index contributed by atoms with van der Waals surface area (Å²) in [6.45, 7) is 2.04. The van der Waals surface area contributed by atoms with Crippen LogP contribution in [0.1, 0.15) is 24.8 Å². The maximum Gasteiger partial charge on any atom is 0.490 e. The topological polar surface area (TPSA) is 163 Å². The Kier molecular flexibility index (Phi) is 9.91. The van der Waals surface area contributed by atoms with Gasteiger partial charge in [0.2, 0.25) is 15.9 Å². The number of sulfonamides is 1. The summed E-state index contributed by atoms with van der Waals surface area (Å²) in [5.74, 6) is -3.07. The quantitative estimate of drug-likeness (QED) is 0.448. The number of halogens is 3. The normalized spacial score (nSPS) is 17.8. The summed E-state index contributed by atoms with van der Waals surface area (Å²) in [4.78, 5) is 21.8. The second kappa shape index (κ2) is 12.8. The van der Waals surface area contributed by atoms with Crippen LogP contribution in [0.25, 0.3) is 11.1 Å². The molecule has 1 atom stereocenters.